The molecule has 1 aliphatic rings. The molecule has 1 aromatic rings. The van der Waals surface area contributed by atoms with Crippen molar-refractivity contribution in [3.63, 3.8) is 0 Å². The van der Waals surface area contributed by atoms with Gasteiger partial charge in [0.1, 0.15) is 0 Å². The van der Waals surface area contributed by atoms with Crippen LogP contribution in [0.2, 0.25) is 0 Å². The first-order valence-corrected chi connectivity index (χ1v) is 6.52. The van der Waals surface area contributed by atoms with E-state index in [9.17, 15) is 10.1 Å². The van der Waals surface area contributed by atoms with E-state index in [1.807, 2.05) is 6.07 Å². The van der Waals surface area contributed by atoms with E-state index < -0.39 is 11.9 Å². The van der Waals surface area contributed by atoms with Crippen molar-refractivity contribution in [2.24, 2.45) is 0 Å². The lowest BCUT2D eigenvalue weighted by atomic mass is 10.2. The standard InChI is InChI=1S/C11H15N3O2.C2H2O4/c15-14(16)11-3-1-2-10(8-11)9-13-6-4-12-5-7-13;3-1(4)2(5)6/h1-3,8,12H,4-7,9H2;(H,3,4)(H,5,6). The first-order valence-electron chi connectivity index (χ1n) is 6.52. The number of carbonyl (C=O) groups is 2. The Morgan fingerprint density at radius 2 is 1.82 bits per heavy atom. The Kier molecular flexibility index (Phi) is 6.93. The number of aliphatic carboxylic acids is 2. The molecule has 0 atom stereocenters. The van der Waals surface area contributed by atoms with Crippen molar-refractivity contribution in [2.75, 3.05) is 26.2 Å². The molecule has 0 amide bonds. The molecule has 22 heavy (non-hydrogen) atoms. The second-order valence-corrected chi connectivity index (χ2v) is 4.56. The van der Waals surface area contributed by atoms with Gasteiger partial charge in [-0.05, 0) is 5.56 Å². The van der Waals surface area contributed by atoms with Gasteiger partial charge in [-0.1, -0.05) is 12.1 Å². The van der Waals surface area contributed by atoms with E-state index in [1.54, 1.807) is 12.1 Å². The van der Waals surface area contributed by atoms with Crippen molar-refractivity contribution in [1.29, 1.82) is 0 Å². The molecule has 1 saturated heterocycles. The number of carboxylic acids is 2. The van der Waals surface area contributed by atoms with Crippen LogP contribution < -0.4 is 5.32 Å². The number of non-ortho nitro benzene ring substituents is 1. The molecule has 0 bridgehead atoms. The van der Waals surface area contributed by atoms with Crippen LogP contribution in [0.15, 0.2) is 24.3 Å². The highest BCUT2D eigenvalue weighted by molar-refractivity contribution is 6.27. The maximum absolute atomic E-state index is 10.6. The fourth-order valence-corrected chi connectivity index (χ4v) is 1.90. The molecule has 0 radical (unpaired) electrons. The molecule has 1 fully saturated rings. The van der Waals surface area contributed by atoms with Gasteiger partial charge in [-0.2, -0.15) is 0 Å². The third-order valence-corrected chi connectivity index (χ3v) is 2.92. The summed E-state index contributed by atoms with van der Waals surface area (Å²) < 4.78 is 0. The molecule has 0 saturated carbocycles. The van der Waals surface area contributed by atoms with Crippen LogP contribution in [0.25, 0.3) is 0 Å². The lowest BCUT2D eigenvalue weighted by molar-refractivity contribution is -0.384. The SMILES string of the molecule is O=C(O)C(=O)O.O=[N+]([O-])c1cccc(CN2CCNCC2)c1. The van der Waals surface area contributed by atoms with Crippen LogP contribution in [0.4, 0.5) is 5.69 Å². The predicted octanol–water partition coefficient (Wildman–Crippen LogP) is 0.156. The molecule has 1 aliphatic heterocycles. The van der Waals surface area contributed by atoms with Crippen LogP contribution in [-0.2, 0) is 16.1 Å². The molecule has 0 aliphatic carbocycles. The van der Waals surface area contributed by atoms with Crippen LogP contribution >= 0.6 is 0 Å². The molecule has 0 spiro atoms. The minimum Gasteiger partial charge on any atom is -0.473 e. The smallest absolute Gasteiger partial charge is 0.414 e. The number of benzene rings is 1. The van der Waals surface area contributed by atoms with Gasteiger partial charge in [-0.3, -0.25) is 15.0 Å². The number of nitro benzene ring substituents is 1. The molecular weight excluding hydrogens is 294 g/mol. The van der Waals surface area contributed by atoms with Gasteiger partial charge in [-0.25, -0.2) is 9.59 Å². The number of hydrogen-bond donors (Lipinski definition) is 3. The predicted molar refractivity (Wildman–Crippen MR) is 76.5 cm³/mol. The third-order valence-electron chi connectivity index (χ3n) is 2.92. The van der Waals surface area contributed by atoms with E-state index in [-0.39, 0.29) is 10.6 Å². The zero-order valence-corrected chi connectivity index (χ0v) is 11.8. The Hall–Kier alpha value is -2.52. The van der Waals surface area contributed by atoms with E-state index in [1.165, 1.54) is 6.07 Å². The van der Waals surface area contributed by atoms with Crippen molar-refractivity contribution in [1.82, 2.24) is 10.2 Å². The maximum Gasteiger partial charge on any atom is 0.414 e. The summed E-state index contributed by atoms with van der Waals surface area (Å²) in [6.45, 7) is 4.79. The normalized spacial score (nSPS) is 14.5. The Morgan fingerprint density at radius 3 is 2.32 bits per heavy atom. The third kappa shape index (κ3) is 6.29. The second-order valence-electron chi connectivity index (χ2n) is 4.56. The van der Waals surface area contributed by atoms with Gasteiger partial charge in [0.05, 0.1) is 4.92 Å². The Labute approximate surface area is 126 Å². The fourth-order valence-electron chi connectivity index (χ4n) is 1.90. The van der Waals surface area contributed by atoms with Gasteiger partial charge >= 0.3 is 11.9 Å². The van der Waals surface area contributed by atoms with Gasteiger partial charge in [0.2, 0.25) is 0 Å². The first kappa shape index (κ1) is 17.5. The minimum absolute atomic E-state index is 0.174. The molecule has 1 aromatic carbocycles. The number of nitrogens with zero attached hydrogens (tertiary/aromatic N) is 2. The van der Waals surface area contributed by atoms with Gasteiger partial charge in [-0.15, -0.1) is 0 Å². The van der Waals surface area contributed by atoms with E-state index in [2.05, 4.69) is 10.2 Å². The zero-order valence-electron chi connectivity index (χ0n) is 11.8. The molecular formula is C13H17N3O6. The maximum atomic E-state index is 10.6. The summed E-state index contributed by atoms with van der Waals surface area (Å²) in [7, 11) is 0. The summed E-state index contributed by atoms with van der Waals surface area (Å²) in [5, 5.41) is 28.7. The highest BCUT2D eigenvalue weighted by Gasteiger charge is 2.11. The van der Waals surface area contributed by atoms with Gasteiger partial charge < -0.3 is 15.5 Å². The topological polar surface area (TPSA) is 133 Å². The molecule has 2 rings (SSSR count). The van der Waals surface area contributed by atoms with Gasteiger partial charge in [0.15, 0.2) is 0 Å². The lowest BCUT2D eigenvalue weighted by Crippen LogP contribution is -2.42. The summed E-state index contributed by atoms with van der Waals surface area (Å²) >= 11 is 0. The number of carboxylic acid groups (broad SMARTS) is 2. The van der Waals surface area contributed by atoms with Crippen molar-refractivity contribution in [3.8, 4) is 0 Å². The minimum atomic E-state index is -1.82. The Bertz CT molecular complexity index is 530. The quantitative estimate of drug-likeness (QED) is 0.408. The highest BCUT2D eigenvalue weighted by atomic mass is 16.6. The van der Waals surface area contributed by atoms with Crippen molar-refractivity contribution < 1.29 is 24.7 Å². The molecule has 0 aromatic heterocycles. The summed E-state index contributed by atoms with van der Waals surface area (Å²) in [4.78, 5) is 30.8. The highest BCUT2D eigenvalue weighted by Crippen LogP contribution is 2.14. The molecule has 0 unspecified atom stereocenters. The Balaban J connectivity index is 0.000000346. The van der Waals surface area contributed by atoms with Crippen molar-refractivity contribution in [3.05, 3.63) is 39.9 Å². The summed E-state index contributed by atoms with van der Waals surface area (Å²) in [5.74, 6) is -3.65. The fraction of sp³-hybridized carbons (Fsp3) is 0.385. The van der Waals surface area contributed by atoms with E-state index in [0.29, 0.717) is 0 Å². The molecule has 1 heterocycles. The number of hydrogen-bond acceptors (Lipinski definition) is 6. The number of piperazine rings is 1. The second kappa shape index (κ2) is 8.70. The molecule has 9 heteroatoms. The largest absolute Gasteiger partial charge is 0.473 e. The van der Waals surface area contributed by atoms with Crippen LogP contribution in [0.5, 0.6) is 0 Å². The van der Waals surface area contributed by atoms with Crippen LogP contribution in [0, 0.1) is 10.1 Å². The number of nitrogens with one attached hydrogen (secondary N) is 1. The van der Waals surface area contributed by atoms with Crippen molar-refractivity contribution in [2.45, 2.75) is 6.54 Å². The van der Waals surface area contributed by atoms with E-state index in [0.717, 1.165) is 38.3 Å². The first-order chi connectivity index (χ1) is 10.4. The Morgan fingerprint density at radius 1 is 1.23 bits per heavy atom. The van der Waals surface area contributed by atoms with Crippen LogP contribution in [-0.4, -0.2) is 58.2 Å². The number of nitro groups is 1. The van der Waals surface area contributed by atoms with E-state index in [4.69, 9.17) is 19.8 Å². The van der Waals surface area contributed by atoms with Gasteiger partial charge in [0, 0.05) is 44.9 Å². The van der Waals surface area contributed by atoms with Crippen LogP contribution in [0.1, 0.15) is 5.56 Å². The molecule has 3 N–H and O–H groups in total. The zero-order chi connectivity index (χ0) is 16.5. The summed E-state index contributed by atoms with van der Waals surface area (Å²) in [5.41, 5.74) is 1.18. The summed E-state index contributed by atoms with van der Waals surface area (Å²) in [6, 6.07) is 6.87. The van der Waals surface area contributed by atoms with Crippen LogP contribution in [0.3, 0.4) is 0 Å². The molecule has 120 valence electrons. The monoisotopic (exact) mass is 311 g/mol. The average Bonchev–Trinajstić information content (AvgIpc) is 2.49. The lowest BCUT2D eigenvalue weighted by Gasteiger charge is -2.27. The van der Waals surface area contributed by atoms with E-state index >= 15 is 0 Å². The summed E-state index contributed by atoms with van der Waals surface area (Å²) in [6.07, 6.45) is 0. The number of rotatable bonds is 3. The average molecular weight is 311 g/mol. The van der Waals surface area contributed by atoms with Gasteiger partial charge in [0.25, 0.3) is 5.69 Å². The molecule has 9 nitrogen and oxygen atoms in total. The van der Waals surface area contributed by atoms with Crippen molar-refractivity contribution >= 4 is 17.6 Å².